The van der Waals surface area contributed by atoms with Crippen LogP contribution in [0.5, 0.6) is 0 Å². The number of aliphatic hydroxyl groups excluding tert-OH is 2. The number of carbonyl (C=O) groups is 2. The Bertz CT molecular complexity index is 624. The summed E-state index contributed by atoms with van der Waals surface area (Å²) in [6, 6.07) is 2.64. The second kappa shape index (κ2) is 9.98. The minimum atomic E-state index is -4.67. The topological polar surface area (TPSA) is 147 Å². The molecule has 0 bridgehead atoms. The molecule has 0 saturated carbocycles. The predicted molar refractivity (Wildman–Crippen MR) is 72.1 cm³/mol. The SMILES string of the molecule is O=C(OCCO)c1cc(C(=O)OCCO)cc(S(=O)(=O)O)c1.[H-].[Na+]. The molecule has 0 spiro atoms. The molecule has 0 atom stereocenters. The van der Waals surface area contributed by atoms with Crippen molar-refractivity contribution in [2.45, 2.75) is 4.90 Å². The van der Waals surface area contributed by atoms with E-state index in [1.807, 2.05) is 0 Å². The number of esters is 2. The zero-order valence-corrected chi connectivity index (χ0v) is 15.1. The first-order valence-corrected chi connectivity index (χ1v) is 7.42. The van der Waals surface area contributed by atoms with Crippen molar-refractivity contribution in [2.75, 3.05) is 26.4 Å². The summed E-state index contributed by atoms with van der Waals surface area (Å²) in [5.41, 5.74) is -0.640. The van der Waals surface area contributed by atoms with E-state index >= 15 is 0 Å². The Morgan fingerprint density at radius 3 is 1.65 bits per heavy atom. The molecule has 23 heavy (non-hydrogen) atoms. The van der Waals surface area contributed by atoms with Crippen LogP contribution in [0.25, 0.3) is 0 Å². The zero-order chi connectivity index (χ0) is 16.8. The van der Waals surface area contributed by atoms with Gasteiger partial charge >= 0.3 is 41.5 Å². The van der Waals surface area contributed by atoms with Gasteiger partial charge in [-0.25, -0.2) is 9.59 Å². The van der Waals surface area contributed by atoms with Gasteiger partial charge in [-0.3, -0.25) is 4.55 Å². The van der Waals surface area contributed by atoms with Crippen molar-refractivity contribution in [3.8, 4) is 0 Å². The van der Waals surface area contributed by atoms with Crippen molar-refractivity contribution in [1.82, 2.24) is 0 Å². The third-order valence-electron chi connectivity index (χ3n) is 2.32. The molecular weight excluding hydrogens is 343 g/mol. The minimum Gasteiger partial charge on any atom is -1.00 e. The summed E-state index contributed by atoms with van der Waals surface area (Å²) >= 11 is 0. The predicted octanol–water partition coefficient (Wildman–Crippen LogP) is -3.65. The molecular formula is C12H15NaO9S. The molecule has 9 nitrogen and oxygen atoms in total. The quantitative estimate of drug-likeness (QED) is 0.255. The molecule has 0 fully saturated rings. The van der Waals surface area contributed by atoms with E-state index in [0.29, 0.717) is 0 Å². The van der Waals surface area contributed by atoms with Gasteiger partial charge in [0.2, 0.25) is 0 Å². The number of hydrogen-bond donors (Lipinski definition) is 3. The zero-order valence-electron chi connectivity index (χ0n) is 13.3. The number of carbonyl (C=O) groups excluding carboxylic acids is 2. The Morgan fingerprint density at radius 2 is 1.35 bits per heavy atom. The number of aliphatic hydroxyl groups is 2. The van der Waals surface area contributed by atoms with Crippen molar-refractivity contribution in [2.24, 2.45) is 0 Å². The first kappa shape index (κ1) is 22.0. The Balaban J connectivity index is 0. The molecule has 3 N–H and O–H groups in total. The number of rotatable bonds is 7. The normalized spacial score (nSPS) is 10.6. The van der Waals surface area contributed by atoms with Crippen LogP contribution in [0.1, 0.15) is 22.1 Å². The Morgan fingerprint density at radius 1 is 0.957 bits per heavy atom. The van der Waals surface area contributed by atoms with Gasteiger partial charge in [0.15, 0.2) is 0 Å². The smallest absolute Gasteiger partial charge is 1.00 e. The molecule has 0 aliphatic rings. The maximum Gasteiger partial charge on any atom is 1.00 e. The van der Waals surface area contributed by atoms with Gasteiger partial charge in [0, 0.05) is 0 Å². The fraction of sp³-hybridized carbons (Fsp3) is 0.333. The fourth-order valence-electron chi connectivity index (χ4n) is 1.43. The van der Waals surface area contributed by atoms with Crippen LogP contribution in [0.4, 0.5) is 0 Å². The van der Waals surface area contributed by atoms with Crippen molar-refractivity contribution in [3.05, 3.63) is 29.3 Å². The van der Waals surface area contributed by atoms with Crippen LogP contribution in [0, 0.1) is 0 Å². The summed E-state index contributed by atoms with van der Waals surface area (Å²) in [6.45, 7) is -1.51. The second-order valence-electron chi connectivity index (χ2n) is 3.94. The van der Waals surface area contributed by atoms with Crippen LogP contribution in [0.2, 0.25) is 0 Å². The molecule has 0 aliphatic carbocycles. The monoisotopic (exact) mass is 358 g/mol. The molecule has 1 aromatic rings. The average Bonchev–Trinajstić information content (AvgIpc) is 2.48. The summed E-state index contributed by atoms with van der Waals surface area (Å²) in [7, 11) is -4.67. The van der Waals surface area contributed by atoms with E-state index in [4.69, 9.17) is 14.8 Å². The number of ether oxygens (including phenoxy) is 2. The molecule has 1 aromatic carbocycles. The van der Waals surface area contributed by atoms with Crippen LogP contribution in [-0.4, -0.2) is 61.5 Å². The molecule has 0 aliphatic heterocycles. The molecule has 0 unspecified atom stereocenters. The molecule has 11 heteroatoms. The van der Waals surface area contributed by atoms with Crippen LogP contribution in [0.3, 0.4) is 0 Å². The van der Waals surface area contributed by atoms with E-state index in [2.05, 4.69) is 9.47 Å². The average molecular weight is 358 g/mol. The molecule has 0 radical (unpaired) electrons. The summed E-state index contributed by atoms with van der Waals surface area (Å²) in [6.07, 6.45) is 0. The van der Waals surface area contributed by atoms with Crippen molar-refractivity contribution in [1.29, 1.82) is 0 Å². The van der Waals surface area contributed by atoms with Gasteiger partial charge in [-0.2, -0.15) is 8.42 Å². The Hall–Kier alpha value is -1.01. The minimum absolute atomic E-state index is 0. The summed E-state index contributed by atoms with van der Waals surface area (Å²) < 4.78 is 40.6. The molecule has 0 saturated heterocycles. The Labute approximate surface area is 155 Å². The first-order valence-electron chi connectivity index (χ1n) is 5.98. The van der Waals surface area contributed by atoms with Crippen LogP contribution in [0.15, 0.2) is 23.1 Å². The third-order valence-corrected chi connectivity index (χ3v) is 3.16. The number of hydrogen-bond acceptors (Lipinski definition) is 8. The summed E-state index contributed by atoms with van der Waals surface area (Å²) in [5.74, 6) is -1.98. The molecule has 124 valence electrons. The van der Waals surface area contributed by atoms with Crippen LogP contribution < -0.4 is 29.6 Å². The van der Waals surface area contributed by atoms with Gasteiger partial charge in [0.05, 0.1) is 29.2 Å². The van der Waals surface area contributed by atoms with E-state index in [0.717, 1.165) is 18.2 Å². The van der Waals surface area contributed by atoms with Gasteiger partial charge in [0.25, 0.3) is 10.1 Å². The third kappa shape index (κ3) is 6.96. The van der Waals surface area contributed by atoms with E-state index < -0.39 is 40.2 Å². The van der Waals surface area contributed by atoms with Gasteiger partial charge in [-0.15, -0.1) is 0 Å². The first-order chi connectivity index (χ1) is 10.3. The standard InChI is InChI=1S/C12H14O9S.Na.H/c13-1-3-20-11(15)8-5-9(12(16)21-4-2-14)7-10(6-8)22(17,18)19;;/h5-7,13-14H,1-4H2,(H,17,18,19);;/q;+1;-1. The van der Waals surface area contributed by atoms with Crippen molar-refractivity contribution in [3.63, 3.8) is 0 Å². The molecule has 0 aromatic heterocycles. The largest absolute Gasteiger partial charge is 1.00 e. The molecule has 1 rings (SSSR count). The summed E-state index contributed by atoms with van der Waals surface area (Å²) in [4.78, 5) is 22.6. The summed E-state index contributed by atoms with van der Waals surface area (Å²) in [5, 5.41) is 17.1. The van der Waals surface area contributed by atoms with Gasteiger partial charge < -0.3 is 21.1 Å². The van der Waals surface area contributed by atoms with Gasteiger partial charge in [-0.05, 0) is 18.2 Å². The van der Waals surface area contributed by atoms with E-state index in [1.165, 1.54) is 0 Å². The number of benzene rings is 1. The fourth-order valence-corrected chi connectivity index (χ4v) is 1.98. The van der Waals surface area contributed by atoms with E-state index in [9.17, 15) is 18.0 Å². The van der Waals surface area contributed by atoms with Crippen molar-refractivity contribution < 1.29 is 73.2 Å². The van der Waals surface area contributed by atoms with Gasteiger partial charge in [0.1, 0.15) is 13.2 Å². The molecule has 0 heterocycles. The Kier molecular flexibility index (Phi) is 9.54. The van der Waals surface area contributed by atoms with E-state index in [1.54, 1.807) is 0 Å². The maximum atomic E-state index is 11.7. The maximum absolute atomic E-state index is 11.7. The second-order valence-corrected chi connectivity index (χ2v) is 5.36. The van der Waals surface area contributed by atoms with Crippen LogP contribution >= 0.6 is 0 Å². The van der Waals surface area contributed by atoms with Crippen LogP contribution in [-0.2, 0) is 19.6 Å². The van der Waals surface area contributed by atoms with Crippen molar-refractivity contribution >= 4 is 22.1 Å². The van der Waals surface area contributed by atoms with Gasteiger partial charge in [-0.1, -0.05) is 0 Å². The molecule has 0 amide bonds. The van der Waals surface area contributed by atoms with E-state index in [-0.39, 0.29) is 55.3 Å².